The second-order valence-electron chi connectivity index (χ2n) is 3.64. The second-order valence-corrected chi connectivity index (χ2v) is 3.64. The maximum absolute atomic E-state index is 11.0. The number of hydrogen-bond donors (Lipinski definition) is 3. The van der Waals surface area contributed by atoms with Crippen molar-refractivity contribution in [3.63, 3.8) is 0 Å². The molecule has 1 unspecified atom stereocenters. The zero-order valence-electron chi connectivity index (χ0n) is 10.0. The van der Waals surface area contributed by atoms with Gasteiger partial charge in [0, 0.05) is 0 Å². The SMILES string of the molecule is C.CB(O)O.CCC1(C(=O)O)CC(=O)OB(C)O1. The minimum atomic E-state index is -1.39. The summed E-state index contributed by atoms with van der Waals surface area (Å²) in [6, 6.07) is 0. The van der Waals surface area contributed by atoms with Crippen LogP contribution in [0.5, 0.6) is 0 Å². The number of carboxylic acid groups (broad SMARTS) is 1. The van der Waals surface area contributed by atoms with Crippen molar-refractivity contribution in [3.8, 4) is 0 Å². The summed E-state index contributed by atoms with van der Waals surface area (Å²) in [6.45, 7) is 4.45. The molecule has 7 nitrogen and oxygen atoms in total. The van der Waals surface area contributed by atoms with Gasteiger partial charge >= 0.3 is 20.2 Å². The summed E-state index contributed by atoms with van der Waals surface area (Å²) in [5.74, 6) is -1.64. The van der Waals surface area contributed by atoms with E-state index in [2.05, 4.69) is 4.65 Å². The van der Waals surface area contributed by atoms with Gasteiger partial charge in [0.15, 0.2) is 5.60 Å². The van der Waals surface area contributed by atoms with Crippen LogP contribution in [0.4, 0.5) is 0 Å². The quantitative estimate of drug-likeness (QED) is 0.601. The van der Waals surface area contributed by atoms with Gasteiger partial charge in [-0.1, -0.05) is 14.4 Å². The van der Waals surface area contributed by atoms with Crippen molar-refractivity contribution in [2.75, 3.05) is 0 Å². The van der Waals surface area contributed by atoms with Gasteiger partial charge in [0.2, 0.25) is 0 Å². The second kappa shape index (κ2) is 8.12. The van der Waals surface area contributed by atoms with Crippen LogP contribution in [0.3, 0.4) is 0 Å². The van der Waals surface area contributed by atoms with Crippen LogP contribution >= 0.6 is 0 Å². The first kappa shape index (κ1) is 19.3. The van der Waals surface area contributed by atoms with E-state index < -0.39 is 31.8 Å². The highest BCUT2D eigenvalue weighted by Crippen LogP contribution is 2.27. The molecule has 0 aliphatic carbocycles. The topological polar surface area (TPSA) is 113 Å². The Hall–Kier alpha value is -1.05. The Morgan fingerprint density at radius 3 is 2.28 bits per heavy atom. The van der Waals surface area contributed by atoms with Gasteiger partial charge in [-0.25, -0.2) is 4.79 Å². The zero-order valence-corrected chi connectivity index (χ0v) is 10.0. The molecule has 3 N–H and O–H groups in total. The predicted octanol–water partition coefficient (Wildman–Crippen LogP) is 0.0264. The highest BCUT2D eigenvalue weighted by molar-refractivity contribution is 6.46. The number of hydrogen-bond acceptors (Lipinski definition) is 6. The van der Waals surface area contributed by atoms with Crippen LogP contribution in [0.2, 0.25) is 13.6 Å². The van der Waals surface area contributed by atoms with Crippen molar-refractivity contribution in [2.45, 2.75) is 46.4 Å². The Bertz CT molecular complexity index is 281. The molecule has 0 amide bonds. The van der Waals surface area contributed by atoms with Crippen molar-refractivity contribution in [3.05, 3.63) is 0 Å². The molecule has 0 aromatic heterocycles. The minimum absolute atomic E-state index is 0. The third kappa shape index (κ3) is 6.04. The van der Waals surface area contributed by atoms with E-state index in [4.69, 9.17) is 19.8 Å². The Morgan fingerprint density at radius 1 is 1.56 bits per heavy atom. The standard InChI is InChI=1S/C7H11BO5.CH5BO2.CH4/c1-3-7(6(10)11)4-5(9)12-8(2)13-7;1-2(3)4;/h3-4H2,1-2H3,(H,10,11);3-4H,1H3;1H4. The van der Waals surface area contributed by atoms with Gasteiger partial charge < -0.3 is 24.5 Å². The molecule has 0 aromatic rings. The monoisotopic (exact) mass is 262 g/mol. The number of carboxylic acids is 1. The minimum Gasteiger partial charge on any atom is -0.510 e. The Kier molecular flexibility index (Phi) is 8.71. The van der Waals surface area contributed by atoms with Crippen LogP contribution in [0.1, 0.15) is 27.2 Å². The van der Waals surface area contributed by atoms with Gasteiger partial charge in [-0.15, -0.1) is 0 Å². The average Bonchev–Trinajstić information content (AvgIpc) is 2.14. The summed E-state index contributed by atoms with van der Waals surface area (Å²) in [4.78, 5) is 21.9. The zero-order chi connectivity index (χ0) is 13.6. The van der Waals surface area contributed by atoms with E-state index in [9.17, 15) is 9.59 Å². The smallest absolute Gasteiger partial charge is 0.510 e. The van der Waals surface area contributed by atoms with Gasteiger partial charge in [-0.3, -0.25) is 4.79 Å². The summed E-state index contributed by atoms with van der Waals surface area (Å²) in [7, 11) is -1.95. The highest BCUT2D eigenvalue weighted by atomic mass is 16.6. The summed E-state index contributed by atoms with van der Waals surface area (Å²) < 4.78 is 9.78. The molecular weight excluding hydrogens is 242 g/mol. The highest BCUT2D eigenvalue weighted by Gasteiger charge is 2.47. The van der Waals surface area contributed by atoms with Gasteiger partial charge in [0.25, 0.3) is 5.97 Å². The molecule has 9 heteroatoms. The Morgan fingerprint density at radius 2 is 2.00 bits per heavy atom. The third-order valence-corrected chi connectivity index (χ3v) is 2.08. The first-order valence-electron chi connectivity index (χ1n) is 5.20. The maximum atomic E-state index is 11.0. The van der Waals surface area contributed by atoms with E-state index in [0.29, 0.717) is 0 Å². The molecule has 0 spiro atoms. The number of carbonyl (C=O) groups excluding carboxylic acids is 1. The fraction of sp³-hybridized carbons (Fsp3) is 0.778. The third-order valence-electron chi connectivity index (χ3n) is 2.08. The molecule has 0 bridgehead atoms. The van der Waals surface area contributed by atoms with Crippen molar-refractivity contribution in [1.82, 2.24) is 0 Å². The molecule has 0 radical (unpaired) electrons. The largest absolute Gasteiger partial charge is 0.524 e. The van der Waals surface area contributed by atoms with Crippen LogP contribution in [0.25, 0.3) is 0 Å². The lowest BCUT2D eigenvalue weighted by molar-refractivity contribution is -0.170. The molecule has 1 fully saturated rings. The van der Waals surface area contributed by atoms with E-state index in [1.165, 1.54) is 13.6 Å². The Balaban J connectivity index is 0. The molecule has 18 heavy (non-hydrogen) atoms. The molecule has 1 aliphatic rings. The predicted molar refractivity (Wildman–Crippen MR) is 66.9 cm³/mol. The lowest BCUT2D eigenvalue weighted by atomic mass is 9.85. The lowest BCUT2D eigenvalue weighted by Crippen LogP contribution is -2.52. The first-order chi connectivity index (χ1) is 7.73. The molecule has 1 rings (SSSR count). The lowest BCUT2D eigenvalue weighted by Gasteiger charge is -2.33. The van der Waals surface area contributed by atoms with E-state index in [1.54, 1.807) is 6.92 Å². The number of carbonyl (C=O) groups is 2. The summed E-state index contributed by atoms with van der Waals surface area (Å²) in [5, 5.41) is 24.1. The molecule has 1 heterocycles. The van der Waals surface area contributed by atoms with Crippen molar-refractivity contribution >= 4 is 26.2 Å². The van der Waals surface area contributed by atoms with Crippen LogP contribution in [-0.4, -0.2) is 46.9 Å². The normalized spacial score (nSPS) is 22.1. The van der Waals surface area contributed by atoms with Crippen molar-refractivity contribution in [1.29, 1.82) is 0 Å². The van der Waals surface area contributed by atoms with Gasteiger partial charge in [-0.2, -0.15) is 0 Å². The molecule has 1 aliphatic heterocycles. The van der Waals surface area contributed by atoms with E-state index in [1.807, 2.05) is 0 Å². The van der Waals surface area contributed by atoms with Crippen molar-refractivity contribution < 1.29 is 34.1 Å². The molecule has 1 saturated heterocycles. The molecule has 0 aromatic carbocycles. The van der Waals surface area contributed by atoms with E-state index in [-0.39, 0.29) is 20.3 Å². The molecular formula is C9H20B2O7. The van der Waals surface area contributed by atoms with Crippen LogP contribution < -0.4 is 0 Å². The summed E-state index contributed by atoms with van der Waals surface area (Å²) >= 11 is 0. The first-order valence-corrected chi connectivity index (χ1v) is 5.20. The number of aliphatic carboxylic acids is 1. The molecule has 104 valence electrons. The number of rotatable bonds is 2. The summed E-state index contributed by atoms with van der Waals surface area (Å²) in [5.41, 5.74) is -1.39. The fourth-order valence-corrected chi connectivity index (χ4v) is 1.33. The van der Waals surface area contributed by atoms with Crippen molar-refractivity contribution in [2.24, 2.45) is 0 Å². The van der Waals surface area contributed by atoms with Gasteiger partial charge in [-0.05, 0) is 20.1 Å². The van der Waals surface area contributed by atoms with Gasteiger partial charge in [0.1, 0.15) is 0 Å². The summed E-state index contributed by atoms with van der Waals surface area (Å²) in [6.07, 6.45) is 0.0327. The average molecular weight is 262 g/mol. The Labute approximate surface area is 107 Å². The van der Waals surface area contributed by atoms with Crippen LogP contribution in [0.15, 0.2) is 0 Å². The fourth-order valence-electron chi connectivity index (χ4n) is 1.33. The van der Waals surface area contributed by atoms with E-state index in [0.717, 1.165) is 0 Å². The van der Waals surface area contributed by atoms with Crippen LogP contribution in [-0.2, 0) is 18.9 Å². The van der Waals surface area contributed by atoms with E-state index >= 15 is 0 Å². The van der Waals surface area contributed by atoms with Crippen LogP contribution in [0, 0.1) is 0 Å². The maximum Gasteiger partial charge on any atom is 0.524 e. The molecule has 1 atom stereocenters. The van der Waals surface area contributed by atoms with Gasteiger partial charge in [0.05, 0.1) is 6.42 Å². The molecule has 0 saturated carbocycles.